The molecule has 0 aromatic heterocycles. The molecule has 1 aromatic rings. The minimum absolute atomic E-state index is 0.00701. The molecule has 1 atom stereocenters. The van der Waals surface area contributed by atoms with Crippen molar-refractivity contribution in [1.29, 1.82) is 0 Å². The number of esters is 1. The van der Waals surface area contributed by atoms with Crippen molar-refractivity contribution < 1.29 is 27.5 Å². The maximum Gasteiger partial charge on any atom is 0.338 e. The highest BCUT2D eigenvalue weighted by atomic mass is 32.2. The molecule has 1 aromatic carbocycles. The van der Waals surface area contributed by atoms with E-state index in [2.05, 4.69) is 5.32 Å². The van der Waals surface area contributed by atoms with Crippen LogP contribution in [-0.2, 0) is 24.3 Å². The summed E-state index contributed by atoms with van der Waals surface area (Å²) >= 11 is 0. The summed E-state index contributed by atoms with van der Waals surface area (Å²) in [6, 6.07) is 5.49. The number of carbonyl (C=O) groups is 2. The number of amides is 1. The van der Waals surface area contributed by atoms with Gasteiger partial charge in [-0.1, -0.05) is 6.07 Å². The van der Waals surface area contributed by atoms with Crippen molar-refractivity contribution in [3.05, 3.63) is 29.8 Å². The summed E-state index contributed by atoms with van der Waals surface area (Å²) in [5.41, 5.74) is 0.0647. The fourth-order valence-electron chi connectivity index (χ4n) is 2.29. The van der Waals surface area contributed by atoms with E-state index in [1.165, 1.54) is 38.4 Å². The van der Waals surface area contributed by atoms with E-state index in [1.54, 1.807) is 0 Å². The molecule has 9 heteroatoms. The zero-order valence-electron chi connectivity index (χ0n) is 14.2. The van der Waals surface area contributed by atoms with Gasteiger partial charge in [-0.15, -0.1) is 0 Å². The average Bonchev–Trinajstić information content (AvgIpc) is 3.11. The molecular weight excluding hydrogens is 348 g/mol. The number of hydrogen-bond donors (Lipinski definition) is 1. The Morgan fingerprint density at radius 2 is 2.12 bits per heavy atom. The van der Waals surface area contributed by atoms with Gasteiger partial charge in [-0.25, -0.2) is 17.5 Å². The quantitative estimate of drug-likeness (QED) is 0.697. The van der Waals surface area contributed by atoms with E-state index in [1.807, 2.05) is 0 Å². The lowest BCUT2D eigenvalue weighted by atomic mass is 10.2. The smallest absolute Gasteiger partial charge is 0.338 e. The summed E-state index contributed by atoms with van der Waals surface area (Å²) in [6.45, 7) is 0.644. The van der Waals surface area contributed by atoms with Crippen LogP contribution in [0.3, 0.4) is 0 Å². The number of nitrogens with one attached hydrogen (secondary N) is 1. The Kier molecular flexibility index (Phi) is 6.51. The maximum atomic E-state index is 12.1. The Morgan fingerprint density at radius 3 is 2.76 bits per heavy atom. The molecule has 25 heavy (non-hydrogen) atoms. The van der Waals surface area contributed by atoms with Gasteiger partial charge in [0.15, 0.2) is 6.61 Å². The molecule has 0 aliphatic carbocycles. The molecule has 8 nitrogen and oxygen atoms in total. The molecule has 0 saturated carbocycles. The van der Waals surface area contributed by atoms with Gasteiger partial charge in [-0.3, -0.25) is 4.79 Å². The maximum absolute atomic E-state index is 12.1. The SMILES string of the molecule is CN(C)S(=O)(=O)c1cccc(C(=O)OCC(=O)NC[C@H]2CCCO2)c1. The molecule has 0 radical (unpaired) electrons. The number of nitrogens with zero attached hydrogens (tertiary/aromatic N) is 1. The van der Waals surface area contributed by atoms with Crippen molar-refractivity contribution in [1.82, 2.24) is 9.62 Å². The van der Waals surface area contributed by atoms with Gasteiger partial charge in [0.05, 0.1) is 16.6 Å². The van der Waals surface area contributed by atoms with Crippen LogP contribution in [0.2, 0.25) is 0 Å². The van der Waals surface area contributed by atoms with Crippen molar-refractivity contribution in [2.75, 3.05) is 33.9 Å². The van der Waals surface area contributed by atoms with Gasteiger partial charge in [0.25, 0.3) is 5.91 Å². The van der Waals surface area contributed by atoms with E-state index in [4.69, 9.17) is 9.47 Å². The number of carbonyl (C=O) groups excluding carboxylic acids is 2. The lowest BCUT2D eigenvalue weighted by molar-refractivity contribution is -0.124. The molecule has 1 fully saturated rings. The summed E-state index contributed by atoms with van der Waals surface area (Å²) in [4.78, 5) is 23.7. The number of rotatable bonds is 7. The van der Waals surface area contributed by atoms with E-state index < -0.39 is 28.5 Å². The lowest BCUT2D eigenvalue weighted by Gasteiger charge is -2.12. The third-order valence-corrected chi connectivity index (χ3v) is 5.54. The van der Waals surface area contributed by atoms with Gasteiger partial charge in [0.2, 0.25) is 10.0 Å². The van der Waals surface area contributed by atoms with Crippen LogP contribution in [0.1, 0.15) is 23.2 Å². The van der Waals surface area contributed by atoms with E-state index in [-0.39, 0.29) is 16.6 Å². The van der Waals surface area contributed by atoms with Crippen LogP contribution in [0.25, 0.3) is 0 Å². The molecule has 0 spiro atoms. The third-order valence-electron chi connectivity index (χ3n) is 3.73. The Labute approximate surface area is 147 Å². The minimum Gasteiger partial charge on any atom is -0.452 e. The number of ether oxygens (including phenoxy) is 2. The van der Waals surface area contributed by atoms with E-state index in [0.717, 1.165) is 17.1 Å². The first kappa shape index (κ1) is 19.4. The fourth-order valence-corrected chi connectivity index (χ4v) is 3.24. The Balaban J connectivity index is 1.89. The summed E-state index contributed by atoms with van der Waals surface area (Å²) in [7, 11) is -0.847. The Bertz CT molecular complexity index is 726. The van der Waals surface area contributed by atoms with Crippen molar-refractivity contribution >= 4 is 21.9 Å². The first-order valence-electron chi connectivity index (χ1n) is 7.88. The van der Waals surface area contributed by atoms with Gasteiger partial charge in [-0.05, 0) is 31.0 Å². The highest BCUT2D eigenvalue weighted by molar-refractivity contribution is 7.89. The molecule has 1 saturated heterocycles. The van der Waals surface area contributed by atoms with Gasteiger partial charge in [0, 0.05) is 27.2 Å². The Hall–Kier alpha value is -1.97. The second-order valence-corrected chi connectivity index (χ2v) is 7.98. The summed E-state index contributed by atoms with van der Waals surface area (Å²) < 4.78 is 35.5. The van der Waals surface area contributed by atoms with Gasteiger partial charge in [-0.2, -0.15) is 0 Å². The van der Waals surface area contributed by atoms with Crippen LogP contribution < -0.4 is 5.32 Å². The second kappa shape index (κ2) is 8.41. The minimum atomic E-state index is -3.65. The number of hydrogen-bond acceptors (Lipinski definition) is 6. The van der Waals surface area contributed by atoms with Crippen LogP contribution in [0.15, 0.2) is 29.2 Å². The highest BCUT2D eigenvalue weighted by Gasteiger charge is 2.20. The predicted octanol–water partition coefficient (Wildman–Crippen LogP) is 0.389. The molecule has 1 heterocycles. The summed E-state index contributed by atoms with van der Waals surface area (Å²) in [5, 5.41) is 2.64. The molecule has 2 rings (SSSR count). The molecular formula is C16H22N2O6S. The predicted molar refractivity (Wildman–Crippen MR) is 89.6 cm³/mol. The van der Waals surface area contributed by atoms with Crippen LogP contribution in [0, 0.1) is 0 Å². The van der Waals surface area contributed by atoms with Crippen LogP contribution in [0.4, 0.5) is 0 Å². The molecule has 0 bridgehead atoms. The zero-order valence-corrected chi connectivity index (χ0v) is 15.0. The molecule has 1 aliphatic heterocycles. The molecule has 0 unspecified atom stereocenters. The average molecular weight is 370 g/mol. The Morgan fingerprint density at radius 1 is 1.36 bits per heavy atom. The van der Waals surface area contributed by atoms with Crippen molar-refractivity contribution in [3.8, 4) is 0 Å². The normalized spacial score (nSPS) is 17.5. The molecule has 1 aliphatic rings. The zero-order chi connectivity index (χ0) is 18.4. The topological polar surface area (TPSA) is 102 Å². The number of sulfonamides is 1. The lowest BCUT2D eigenvalue weighted by Crippen LogP contribution is -2.34. The number of benzene rings is 1. The van der Waals surface area contributed by atoms with Crippen LogP contribution >= 0.6 is 0 Å². The first-order chi connectivity index (χ1) is 11.8. The van der Waals surface area contributed by atoms with Gasteiger partial charge >= 0.3 is 5.97 Å². The van der Waals surface area contributed by atoms with E-state index >= 15 is 0 Å². The van der Waals surface area contributed by atoms with E-state index in [9.17, 15) is 18.0 Å². The van der Waals surface area contributed by atoms with Crippen molar-refractivity contribution in [2.45, 2.75) is 23.8 Å². The summed E-state index contributed by atoms with van der Waals surface area (Å²) in [5.74, 6) is -1.19. The van der Waals surface area contributed by atoms with Crippen LogP contribution in [-0.4, -0.2) is 64.6 Å². The molecule has 1 N–H and O–H groups in total. The molecule has 1 amide bonds. The monoisotopic (exact) mass is 370 g/mol. The second-order valence-electron chi connectivity index (χ2n) is 5.83. The molecule has 138 valence electrons. The van der Waals surface area contributed by atoms with Gasteiger partial charge in [0.1, 0.15) is 0 Å². The van der Waals surface area contributed by atoms with Crippen molar-refractivity contribution in [3.63, 3.8) is 0 Å². The largest absolute Gasteiger partial charge is 0.452 e. The van der Waals surface area contributed by atoms with Crippen molar-refractivity contribution in [2.24, 2.45) is 0 Å². The standard InChI is InChI=1S/C16H22N2O6S/c1-18(2)25(21,22)14-7-3-5-12(9-14)16(20)24-11-15(19)17-10-13-6-4-8-23-13/h3,5,7,9,13H,4,6,8,10-11H2,1-2H3,(H,17,19)/t13-/m1/s1. The van der Waals surface area contributed by atoms with Gasteiger partial charge < -0.3 is 14.8 Å². The highest BCUT2D eigenvalue weighted by Crippen LogP contribution is 2.15. The third kappa shape index (κ3) is 5.25. The first-order valence-corrected chi connectivity index (χ1v) is 9.32. The fraction of sp³-hybridized carbons (Fsp3) is 0.500. The van der Waals surface area contributed by atoms with E-state index in [0.29, 0.717) is 13.2 Å². The van der Waals surface area contributed by atoms with Crippen LogP contribution in [0.5, 0.6) is 0 Å². The summed E-state index contributed by atoms with van der Waals surface area (Å²) in [6.07, 6.45) is 1.88.